The number of hydrogen-bond donors (Lipinski definition) is 1. The second-order valence-corrected chi connectivity index (χ2v) is 14.6. The molecule has 0 aliphatic heterocycles. The van der Waals surface area contributed by atoms with Crippen molar-refractivity contribution in [2.75, 3.05) is 6.61 Å². The predicted molar refractivity (Wildman–Crippen MR) is 119 cm³/mol. The predicted octanol–water partition coefficient (Wildman–Crippen LogP) is 6.17. The highest BCUT2D eigenvalue weighted by atomic mass is 32.1. The molecule has 5 heteroatoms. The van der Waals surface area contributed by atoms with Gasteiger partial charge in [-0.1, -0.05) is 39.0 Å². The Morgan fingerprint density at radius 2 is 1.78 bits per heavy atom. The van der Waals surface area contributed by atoms with E-state index < -0.39 is 8.32 Å². The minimum absolute atomic E-state index is 0.0118. The van der Waals surface area contributed by atoms with Crippen LogP contribution in [0, 0.1) is 0 Å². The molecular weight excluding hydrogens is 370 g/mol. The normalized spacial score (nSPS) is 14.8. The molecule has 2 aromatic rings. The highest BCUT2D eigenvalue weighted by Gasteiger charge is 2.36. The molecular formula is C22H35NO2SSi. The van der Waals surface area contributed by atoms with E-state index >= 15 is 0 Å². The van der Waals surface area contributed by atoms with E-state index in [0.717, 1.165) is 25.2 Å². The highest BCUT2D eigenvalue weighted by molar-refractivity contribution is 7.10. The lowest BCUT2D eigenvalue weighted by atomic mass is 10.1. The van der Waals surface area contributed by atoms with Crippen LogP contribution in [0.5, 0.6) is 5.75 Å². The Labute approximate surface area is 170 Å². The van der Waals surface area contributed by atoms with Crippen molar-refractivity contribution in [3.05, 3.63) is 52.2 Å². The number of thiophene rings is 1. The van der Waals surface area contributed by atoms with Crippen LogP contribution in [0.25, 0.3) is 0 Å². The number of nitrogens with two attached hydrogens (primary N) is 1. The first-order chi connectivity index (χ1) is 12.6. The summed E-state index contributed by atoms with van der Waals surface area (Å²) in [4.78, 5) is 1.22. The van der Waals surface area contributed by atoms with Crippen molar-refractivity contribution in [1.29, 1.82) is 0 Å². The van der Waals surface area contributed by atoms with Gasteiger partial charge in [-0.2, -0.15) is 0 Å². The van der Waals surface area contributed by atoms with E-state index in [9.17, 15) is 0 Å². The topological polar surface area (TPSA) is 44.5 Å². The maximum Gasteiger partial charge on any atom is 0.191 e. The molecule has 1 heterocycles. The molecule has 3 nitrogen and oxygen atoms in total. The van der Waals surface area contributed by atoms with Gasteiger partial charge in [0.2, 0.25) is 0 Å². The molecule has 0 saturated heterocycles. The molecule has 0 amide bonds. The zero-order valence-electron chi connectivity index (χ0n) is 17.6. The average Bonchev–Trinajstić information content (AvgIpc) is 3.08. The Bertz CT molecular complexity index is 675. The first-order valence-electron chi connectivity index (χ1n) is 9.77. The molecule has 150 valence electrons. The van der Waals surface area contributed by atoms with Crippen LogP contribution < -0.4 is 10.5 Å². The van der Waals surface area contributed by atoms with Crippen LogP contribution in [0.3, 0.4) is 0 Å². The Morgan fingerprint density at radius 3 is 2.30 bits per heavy atom. The summed E-state index contributed by atoms with van der Waals surface area (Å²) in [7, 11) is -1.67. The molecule has 0 spiro atoms. The highest BCUT2D eigenvalue weighted by Crippen LogP contribution is 2.36. The zero-order valence-corrected chi connectivity index (χ0v) is 19.4. The van der Waals surface area contributed by atoms with Crippen LogP contribution in [0.1, 0.15) is 50.7 Å². The van der Waals surface area contributed by atoms with E-state index in [2.05, 4.69) is 75.6 Å². The molecule has 0 bridgehead atoms. The van der Waals surface area contributed by atoms with E-state index in [4.69, 9.17) is 14.9 Å². The van der Waals surface area contributed by atoms with Crippen LogP contribution in [-0.4, -0.2) is 21.0 Å². The Balaban J connectivity index is 1.92. The fourth-order valence-corrected chi connectivity index (χ4v) is 4.39. The van der Waals surface area contributed by atoms with Gasteiger partial charge in [0, 0.05) is 23.9 Å². The molecule has 2 rings (SSSR count). The van der Waals surface area contributed by atoms with Gasteiger partial charge in [-0.05, 0) is 60.6 Å². The zero-order chi connectivity index (χ0) is 20.1. The Kier molecular flexibility index (Phi) is 7.69. The first-order valence-corrected chi connectivity index (χ1v) is 13.6. The molecule has 0 saturated carbocycles. The minimum Gasteiger partial charge on any atom is -0.485 e. The van der Waals surface area contributed by atoms with Crippen molar-refractivity contribution < 1.29 is 9.16 Å². The Hall–Kier alpha value is -1.14. The summed E-state index contributed by atoms with van der Waals surface area (Å²) in [5, 5.41) is 2.33. The quantitative estimate of drug-likeness (QED) is 0.507. The van der Waals surface area contributed by atoms with Crippen molar-refractivity contribution >= 4 is 19.7 Å². The van der Waals surface area contributed by atoms with Gasteiger partial charge in [-0.3, -0.25) is 0 Å². The number of ether oxygens (including phenoxy) is 1. The number of hydrogen-bond acceptors (Lipinski definition) is 4. The summed E-state index contributed by atoms with van der Waals surface area (Å²) in [5.41, 5.74) is 7.29. The van der Waals surface area contributed by atoms with Gasteiger partial charge < -0.3 is 14.9 Å². The third kappa shape index (κ3) is 6.75. The summed E-state index contributed by atoms with van der Waals surface area (Å²) < 4.78 is 12.5. The summed E-state index contributed by atoms with van der Waals surface area (Å²) in [5.74, 6) is 0.892. The van der Waals surface area contributed by atoms with Crippen LogP contribution in [-0.2, 0) is 10.8 Å². The second-order valence-electron chi connectivity index (χ2n) is 8.84. The lowest BCUT2D eigenvalue weighted by Gasteiger charge is -2.36. The van der Waals surface area contributed by atoms with Gasteiger partial charge >= 0.3 is 0 Å². The van der Waals surface area contributed by atoms with Gasteiger partial charge in [-0.15, -0.1) is 11.3 Å². The molecule has 27 heavy (non-hydrogen) atoms. The van der Waals surface area contributed by atoms with Crippen molar-refractivity contribution in [3.63, 3.8) is 0 Å². The monoisotopic (exact) mass is 405 g/mol. The van der Waals surface area contributed by atoms with E-state index in [0.29, 0.717) is 0 Å². The van der Waals surface area contributed by atoms with Gasteiger partial charge in [0.25, 0.3) is 0 Å². The lowest BCUT2D eigenvalue weighted by Crippen LogP contribution is -2.41. The minimum atomic E-state index is -1.67. The van der Waals surface area contributed by atoms with Gasteiger partial charge in [0.1, 0.15) is 11.9 Å². The summed E-state index contributed by atoms with van der Waals surface area (Å²) in [6.45, 7) is 14.2. The van der Waals surface area contributed by atoms with Crippen LogP contribution in [0.2, 0.25) is 18.1 Å². The molecule has 0 aliphatic rings. The molecule has 1 unspecified atom stereocenters. The molecule has 2 N–H and O–H groups in total. The van der Waals surface area contributed by atoms with E-state index in [1.807, 2.05) is 6.92 Å². The van der Waals surface area contributed by atoms with Crippen molar-refractivity contribution in [2.45, 2.75) is 70.8 Å². The number of benzene rings is 1. The van der Waals surface area contributed by atoms with E-state index in [1.54, 1.807) is 11.3 Å². The van der Waals surface area contributed by atoms with Gasteiger partial charge in [-0.25, -0.2) is 0 Å². The SMILES string of the molecule is C[C@@H](N)CC(Oc1ccc(CCO[Si](C)(C)C(C)(C)C)cc1)c1cccs1. The lowest BCUT2D eigenvalue weighted by molar-refractivity contribution is 0.190. The van der Waals surface area contributed by atoms with E-state index in [-0.39, 0.29) is 17.2 Å². The third-order valence-corrected chi connectivity index (χ3v) is 10.8. The summed E-state index contributed by atoms with van der Waals surface area (Å²) in [6, 6.07) is 12.7. The Morgan fingerprint density at radius 1 is 1.11 bits per heavy atom. The fourth-order valence-electron chi connectivity index (χ4n) is 2.57. The number of rotatable bonds is 9. The molecule has 0 fully saturated rings. The molecule has 1 aromatic carbocycles. The molecule has 0 radical (unpaired) electrons. The standard InChI is InChI=1S/C22H35NO2SSi/c1-17(23)16-20(21-8-7-15-26-21)25-19-11-9-18(10-12-19)13-14-24-27(5,6)22(2,3)4/h7-12,15,17,20H,13-14,16,23H2,1-6H3/t17-,20?/m1/s1. The van der Waals surface area contributed by atoms with E-state index in [1.165, 1.54) is 10.4 Å². The summed E-state index contributed by atoms with van der Waals surface area (Å²) in [6.07, 6.45) is 1.75. The largest absolute Gasteiger partial charge is 0.485 e. The van der Waals surface area contributed by atoms with Crippen LogP contribution in [0.4, 0.5) is 0 Å². The van der Waals surface area contributed by atoms with Crippen LogP contribution in [0.15, 0.2) is 41.8 Å². The third-order valence-electron chi connectivity index (χ3n) is 5.31. The molecule has 2 atom stereocenters. The van der Waals surface area contributed by atoms with Crippen LogP contribution >= 0.6 is 11.3 Å². The van der Waals surface area contributed by atoms with Gasteiger partial charge in [0.05, 0.1) is 0 Å². The maximum atomic E-state index is 6.28. The first kappa shape index (κ1) is 22.1. The van der Waals surface area contributed by atoms with Crippen molar-refractivity contribution in [3.8, 4) is 5.75 Å². The average molecular weight is 406 g/mol. The van der Waals surface area contributed by atoms with Gasteiger partial charge in [0.15, 0.2) is 8.32 Å². The maximum absolute atomic E-state index is 6.28. The fraction of sp³-hybridized carbons (Fsp3) is 0.545. The molecule has 0 aliphatic carbocycles. The summed E-state index contributed by atoms with van der Waals surface area (Å²) >= 11 is 1.72. The van der Waals surface area contributed by atoms with Crippen molar-refractivity contribution in [2.24, 2.45) is 5.73 Å². The second kappa shape index (κ2) is 9.37. The molecule has 1 aromatic heterocycles. The smallest absolute Gasteiger partial charge is 0.191 e. The van der Waals surface area contributed by atoms with Crippen molar-refractivity contribution in [1.82, 2.24) is 0 Å².